The summed E-state index contributed by atoms with van der Waals surface area (Å²) in [5.41, 5.74) is 2.32. The van der Waals surface area contributed by atoms with Gasteiger partial charge in [-0.05, 0) is 23.6 Å². The fourth-order valence-corrected chi connectivity index (χ4v) is 1.24. The van der Waals surface area contributed by atoms with Gasteiger partial charge in [0.15, 0.2) is 0 Å². The summed E-state index contributed by atoms with van der Waals surface area (Å²) in [4.78, 5) is 0. The molecule has 0 aliphatic rings. The lowest BCUT2D eigenvalue weighted by molar-refractivity contribution is 0.152. The number of rotatable bonds is 8. The lowest BCUT2D eigenvalue weighted by Gasteiger charge is -2.03. The van der Waals surface area contributed by atoms with Crippen LogP contribution in [0.3, 0.4) is 0 Å². The molecule has 0 fully saturated rings. The molecule has 0 aromatic rings. The van der Waals surface area contributed by atoms with Crippen molar-refractivity contribution in [3.63, 3.8) is 0 Å². The van der Waals surface area contributed by atoms with Gasteiger partial charge in [-0.3, -0.25) is 0 Å². The molecule has 0 aromatic carbocycles. The van der Waals surface area contributed by atoms with Crippen molar-refractivity contribution < 1.29 is 13.9 Å². The second-order valence-electron chi connectivity index (χ2n) is 3.88. The van der Waals surface area contributed by atoms with E-state index in [-0.39, 0.29) is 13.0 Å². The zero-order valence-electron chi connectivity index (χ0n) is 11.2. The van der Waals surface area contributed by atoms with Crippen LogP contribution in [0.4, 0.5) is 8.78 Å². The minimum absolute atomic E-state index is 0.0251. The summed E-state index contributed by atoms with van der Waals surface area (Å²) in [6, 6.07) is 0. The lowest BCUT2D eigenvalue weighted by atomic mass is 10.0. The monoisotopic (exact) mass is 266 g/mol. The van der Waals surface area contributed by atoms with Gasteiger partial charge in [0.25, 0.3) is 0 Å². The smallest absolute Gasteiger partial charge is 0.242 e. The van der Waals surface area contributed by atoms with E-state index in [0.717, 1.165) is 16.7 Å². The van der Waals surface area contributed by atoms with Crippen LogP contribution in [0.15, 0.2) is 72.4 Å². The minimum atomic E-state index is -2.35. The van der Waals surface area contributed by atoms with Crippen LogP contribution in [-0.4, -0.2) is 18.1 Å². The maximum atomic E-state index is 12.1. The Bertz CT molecular complexity index is 412. The highest BCUT2D eigenvalue weighted by molar-refractivity contribution is 5.49. The van der Waals surface area contributed by atoms with Gasteiger partial charge < -0.3 is 5.11 Å². The molecular weight excluding hydrogens is 246 g/mol. The van der Waals surface area contributed by atoms with Gasteiger partial charge in [-0.1, -0.05) is 55.7 Å². The molecule has 104 valence electrons. The van der Waals surface area contributed by atoms with Crippen molar-refractivity contribution in [3.05, 3.63) is 72.4 Å². The molecule has 1 nitrogen and oxygen atoms in total. The molecule has 0 saturated carbocycles. The standard InChI is InChI=1S/C16H20F2O/c1-4-7-15(8-6-9-16(17)18)14(5-2)11-10-13(3)12-19/h4-8,10-11,16,19H,1-2,9,12H2,3H3/b8-6-,13-10+,14-11+,15-7+. The first-order valence-electron chi connectivity index (χ1n) is 5.93. The van der Waals surface area contributed by atoms with E-state index in [9.17, 15) is 8.78 Å². The number of allylic oxidation sites excluding steroid dienone is 9. The number of hydrogen-bond acceptors (Lipinski definition) is 1. The average molecular weight is 266 g/mol. The maximum Gasteiger partial charge on any atom is 0.242 e. The average Bonchev–Trinajstić information content (AvgIpc) is 2.38. The largest absolute Gasteiger partial charge is 0.392 e. The lowest BCUT2D eigenvalue weighted by Crippen LogP contribution is -1.88. The van der Waals surface area contributed by atoms with Crippen LogP contribution in [0.5, 0.6) is 0 Å². The SMILES string of the molecule is C=C/C=C(\C=C/CC(F)F)C(/C=C)=C/C=C(\C)CO. The highest BCUT2D eigenvalue weighted by atomic mass is 19.3. The summed E-state index contributed by atoms with van der Waals surface area (Å²) < 4.78 is 24.2. The number of alkyl halides is 2. The molecule has 0 saturated heterocycles. The van der Waals surface area contributed by atoms with E-state index in [1.54, 1.807) is 43.4 Å². The summed E-state index contributed by atoms with van der Waals surface area (Å²) in [6.45, 7) is 9.06. The predicted molar refractivity (Wildman–Crippen MR) is 77.2 cm³/mol. The van der Waals surface area contributed by atoms with E-state index in [2.05, 4.69) is 13.2 Å². The number of hydrogen-bond donors (Lipinski definition) is 1. The van der Waals surface area contributed by atoms with E-state index in [0.29, 0.717) is 0 Å². The number of aliphatic hydroxyl groups is 1. The highest BCUT2D eigenvalue weighted by Crippen LogP contribution is 2.15. The number of halogens is 2. The van der Waals surface area contributed by atoms with Crippen molar-refractivity contribution in [1.82, 2.24) is 0 Å². The molecule has 0 bridgehead atoms. The third-order valence-corrected chi connectivity index (χ3v) is 2.26. The Morgan fingerprint density at radius 2 is 1.84 bits per heavy atom. The second-order valence-corrected chi connectivity index (χ2v) is 3.88. The first-order chi connectivity index (χ1) is 9.04. The molecule has 0 atom stereocenters. The van der Waals surface area contributed by atoms with Crippen molar-refractivity contribution >= 4 is 0 Å². The van der Waals surface area contributed by atoms with Crippen molar-refractivity contribution in [2.45, 2.75) is 19.8 Å². The molecule has 0 amide bonds. The van der Waals surface area contributed by atoms with Gasteiger partial charge in [0.05, 0.1) is 6.61 Å². The third kappa shape index (κ3) is 8.06. The van der Waals surface area contributed by atoms with E-state index in [1.807, 2.05) is 0 Å². The van der Waals surface area contributed by atoms with E-state index >= 15 is 0 Å². The van der Waals surface area contributed by atoms with Gasteiger partial charge in [0, 0.05) is 6.42 Å². The van der Waals surface area contributed by atoms with Crippen LogP contribution in [0.1, 0.15) is 13.3 Å². The Morgan fingerprint density at radius 3 is 2.32 bits per heavy atom. The van der Waals surface area contributed by atoms with E-state index in [4.69, 9.17) is 5.11 Å². The van der Waals surface area contributed by atoms with Gasteiger partial charge in [-0.2, -0.15) is 0 Å². The molecule has 0 aromatic heterocycles. The van der Waals surface area contributed by atoms with Crippen molar-refractivity contribution in [2.75, 3.05) is 6.61 Å². The molecule has 0 unspecified atom stereocenters. The zero-order valence-corrected chi connectivity index (χ0v) is 11.2. The fourth-order valence-electron chi connectivity index (χ4n) is 1.24. The van der Waals surface area contributed by atoms with Crippen molar-refractivity contribution in [1.29, 1.82) is 0 Å². The zero-order chi connectivity index (χ0) is 14.7. The Labute approximate surface area is 113 Å². The minimum Gasteiger partial charge on any atom is -0.392 e. The molecule has 1 N–H and O–H groups in total. The van der Waals surface area contributed by atoms with Gasteiger partial charge in [0.2, 0.25) is 6.43 Å². The highest BCUT2D eigenvalue weighted by Gasteiger charge is 1.99. The summed E-state index contributed by atoms with van der Waals surface area (Å²) in [5, 5.41) is 8.91. The predicted octanol–water partition coefficient (Wildman–Crippen LogP) is 4.36. The van der Waals surface area contributed by atoms with Crippen LogP contribution in [-0.2, 0) is 0 Å². The molecule has 0 aliphatic heterocycles. The van der Waals surface area contributed by atoms with Crippen LogP contribution >= 0.6 is 0 Å². The second kappa shape index (κ2) is 10.2. The van der Waals surface area contributed by atoms with E-state index in [1.165, 1.54) is 6.08 Å². The molecule has 0 aliphatic carbocycles. The van der Waals surface area contributed by atoms with Crippen LogP contribution in [0.2, 0.25) is 0 Å². The summed E-state index contributed by atoms with van der Waals surface area (Å²) in [7, 11) is 0. The third-order valence-electron chi connectivity index (χ3n) is 2.26. The van der Waals surface area contributed by atoms with Crippen LogP contribution < -0.4 is 0 Å². The Hall–Kier alpha value is -1.74. The summed E-state index contributed by atoms with van der Waals surface area (Å²) >= 11 is 0. The van der Waals surface area contributed by atoms with Gasteiger partial charge in [-0.25, -0.2) is 8.78 Å². The van der Waals surface area contributed by atoms with Crippen LogP contribution in [0, 0.1) is 0 Å². The first kappa shape index (κ1) is 17.3. The summed E-state index contributed by atoms with van der Waals surface area (Å²) in [6.07, 6.45) is 8.86. The normalized spacial score (nSPS) is 14.3. The maximum absolute atomic E-state index is 12.1. The van der Waals surface area contributed by atoms with Crippen molar-refractivity contribution in [3.8, 4) is 0 Å². The fraction of sp³-hybridized carbons (Fsp3) is 0.250. The molecule has 19 heavy (non-hydrogen) atoms. The number of aliphatic hydroxyl groups excluding tert-OH is 1. The Balaban J connectivity index is 5.13. The van der Waals surface area contributed by atoms with Crippen LogP contribution in [0.25, 0.3) is 0 Å². The Kier molecular flexibility index (Phi) is 9.27. The molecule has 0 heterocycles. The Morgan fingerprint density at radius 1 is 1.16 bits per heavy atom. The van der Waals surface area contributed by atoms with E-state index < -0.39 is 6.43 Å². The molecule has 3 heteroatoms. The first-order valence-corrected chi connectivity index (χ1v) is 5.93. The van der Waals surface area contributed by atoms with Gasteiger partial charge >= 0.3 is 0 Å². The summed E-state index contributed by atoms with van der Waals surface area (Å²) in [5.74, 6) is 0. The topological polar surface area (TPSA) is 20.2 Å². The van der Waals surface area contributed by atoms with Gasteiger partial charge in [-0.15, -0.1) is 0 Å². The molecule has 0 radical (unpaired) electrons. The molecule has 0 spiro atoms. The van der Waals surface area contributed by atoms with Crippen molar-refractivity contribution in [2.24, 2.45) is 0 Å². The molecular formula is C16H20F2O. The van der Waals surface area contributed by atoms with Gasteiger partial charge in [0.1, 0.15) is 0 Å². The quantitative estimate of drug-likeness (QED) is 0.647. The molecule has 0 rings (SSSR count).